The number of carbonyl (C=O) groups is 2. The van der Waals surface area contributed by atoms with Crippen LogP contribution in [0, 0.1) is 20.8 Å². The molecule has 1 aromatic carbocycles. The first-order chi connectivity index (χ1) is 12.5. The summed E-state index contributed by atoms with van der Waals surface area (Å²) >= 11 is 0. The number of nitrogens with zero attached hydrogens (tertiary/aromatic N) is 2. The van der Waals surface area contributed by atoms with Crippen LogP contribution in [0.15, 0.2) is 34.9 Å². The topological polar surface area (TPSA) is 53.8 Å². The number of rotatable bonds is 4. The molecule has 0 atom stereocenters. The Labute approximate surface area is 154 Å². The molecule has 0 saturated carbocycles. The van der Waals surface area contributed by atoms with Gasteiger partial charge in [-0.1, -0.05) is 12.1 Å². The fourth-order valence-corrected chi connectivity index (χ4v) is 3.29. The molecular weight excluding hydrogens is 328 g/mol. The lowest BCUT2D eigenvalue weighted by Gasteiger charge is -2.30. The first-order valence-electron chi connectivity index (χ1n) is 9.18. The van der Waals surface area contributed by atoms with E-state index in [1.165, 1.54) is 4.90 Å². The van der Waals surface area contributed by atoms with Gasteiger partial charge in [0.2, 0.25) is 5.91 Å². The van der Waals surface area contributed by atoms with Gasteiger partial charge in [0.15, 0.2) is 5.76 Å². The second kappa shape index (κ2) is 7.77. The third kappa shape index (κ3) is 3.82. The second-order valence-electron chi connectivity index (χ2n) is 7.04. The molecule has 2 heterocycles. The van der Waals surface area contributed by atoms with Crippen LogP contribution in [-0.4, -0.2) is 36.3 Å². The fourth-order valence-electron chi connectivity index (χ4n) is 3.29. The molecule has 1 saturated heterocycles. The minimum atomic E-state index is -0.272. The number of benzene rings is 1. The first kappa shape index (κ1) is 18.2. The summed E-state index contributed by atoms with van der Waals surface area (Å²) in [5.74, 6) is 0.0162. The highest BCUT2D eigenvalue weighted by atomic mass is 16.3. The molecule has 2 aromatic rings. The van der Waals surface area contributed by atoms with Crippen LogP contribution in [0.1, 0.15) is 46.5 Å². The monoisotopic (exact) mass is 354 g/mol. The van der Waals surface area contributed by atoms with Gasteiger partial charge in [0.1, 0.15) is 6.54 Å². The third-order valence-corrected chi connectivity index (χ3v) is 5.04. The average Bonchev–Trinajstić information content (AvgIpc) is 2.98. The Bertz CT molecular complexity index is 803. The van der Waals surface area contributed by atoms with E-state index in [0.29, 0.717) is 11.4 Å². The van der Waals surface area contributed by atoms with Gasteiger partial charge >= 0.3 is 0 Å². The van der Waals surface area contributed by atoms with E-state index >= 15 is 0 Å². The summed E-state index contributed by atoms with van der Waals surface area (Å²) in [5.41, 5.74) is 3.50. The standard InChI is InChI=1S/C21H26N2O3/c1-15-8-7-9-18(12-15)23(13-19(24)22-10-5-4-6-11-22)21(25)20-17(3)16(2)14-26-20/h7-9,12,14H,4-6,10-11,13H2,1-3H3. The van der Waals surface area contributed by atoms with Crippen molar-refractivity contribution in [1.29, 1.82) is 0 Å². The van der Waals surface area contributed by atoms with Crippen LogP contribution in [0.25, 0.3) is 0 Å². The number of furan rings is 1. The molecule has 0 bridgehead atoms. The van der Waals surface area contributed by atoms with Crippen molar-refractivity contribution in [2.75, 3.05) is 24.5 Å². The summed E-state index contributed by atoms with van der Waals surface area (Å²) in [6, 6.07) is 7.66. The van der Waals surface area contributed by atoms with Crippen molar-refractivity contribution in [2.24, 2.45) is 0 Å². The molecule has 3 rings (SSSR count). The Kier molecular flexibility index (Phi) is 5.45. The number of aryl methyl sites for hydroxylation is 2. The van der Waals surface area contributed by atoms with Crippen LogP contribution >= 0.6 is 0 Å². The predicted octanol–water partition coefficient (Wildman–Crippen LogP) is 3.86. The molecular formula is C21H26N2O3. The summed E-state index contributed by atoms with van der Waals surface area (Å²) in [7, 11) is 0. The number of likely N-dealkylation sites (tertiary alicyclic amines) is 1. The van der Waals surface area contributed by atoms with Crippen LogP contribution in [-0.2, 0) is 4.79 Å². The maximum absolute atomic E-state index is 13.2. The highest BCUT2D eigenvalue weighted by Gasteiger charge is 2.27. The molecule has 5 heteroatoms. The van der Waals surface area contributed by atoms with Crippen molar-refractivity contribution < 1.29 is 14.0 Å². The number of anilines is 1. The highest BCUT2D eigenvalue weighted by Crippen LogP contribution is 2.23. The van der Waals surface area contributed by atoms with Gasteiger partial charge in [-0.15, -0.1) is 0 Å². The van der Waals surface area contributed by atoms with E-state index in [4.69, 9.17) is 4.42 Å². The highest BCUT2D eigenvalue weighted by molar-refractivity contribution is 6.08. The summed E-state index contributed by atoms with van der Waals surface area (Å²) in [6.07, 6.45) is 4.81. The van der Waals surface area contributed by atoms with Crippen LogP contribution < -0.4 is 4.90 Å². The summed E-state index contributed by atoms with van der Waals surface area (Å²) in [5, 5.41) is 0. The van der Waals surface area contributed by atoms with Gasteiger partial charge in [-0.3, -0.25) is 14.5 Å². The molecule has 0 radical (unpaired) electrons. The molecule has 0 spiro atoms. The van der Waals surface area contributed by atoms with Gasteiger partial charge in [0, 0.05) is 24.3 Å². The van der Waals surface area contributed by atoms with Crippen molar-refractivity contribution in [1.82, 2.24) is 4.90 Å². The predicted molar refractivity (Wildman–Crippen MR) is 101 cm³/mol. The fraction of sp³-hybridized carbons (Fsp3) is 0.429. The van der Waals surface area contributed by atoms with Crippen LogP contribution in [0.3, 0.4) is 0 Å². The van der Waals surface area contributed by atoms with Crippen molar-refractivity contribution in [2.45, 2.75) is 40.0 Å². The Morgan fingerprint density at radius 1 is 1.12 bits per heavy atom. The van der Waals surface area contributed by atoms with E-state index in [2.05, 4.69) is 0 Å². The Hall–Kier alpha value is -2.56. The van der Waals surface area contributed by atoms with E-state index in [-0.39, 0.29) is 18.4 Å². The molecule has 2 amide bonds. The molecule has 138 valence electrons. The van der Waals surface area contributed by atoms with Crippen molar-refractivity contribution in [3.63, 3.8) is 0 Å². The molecule has 5 nitrogen and oxygen atoms in total. The summed E-state index contributed by atoms with van der Waals surface area (Å²) in [4.78, 5) is 29.4. The van der Waals surface area contributed by atoms with E-state index in [1.54, 1.807) is 6.26 Å². The Balaban J connectivity index is 1.90. The van der Waals surface area contributed by atoms with Gasteiger partial charge in [0.25, 0.3) is 5.91 Å². The molecule has 1 aromatic heterocycles. The number of hydrogen-bond donors (Lipinski definition) is 0. The van der Waals surface area contributed by atoms with Crippen molar-refractivity contribution in [3.8, 4) is 0 Å². The number of hydrogen-bond acceptors (Lipinski definition) is 3. The summed E-state index contributed by atoms with van der Waals surface area (Å²) in [6.45, 7) is 7.32. The van der Waals surface area contributed by atoms with Crippen molar-refractivity contribution in [3.05, 3.63) is 53.0 Å². The molecule has 0 aliphatic carbocycles. The van der Waals surface area contributed by atoms with Crippen LogP contribution in [0.5, 0.6) is 0 Å². The van der Waals surface area contributed by atoms with Gasteiger partial charge in [-0.25, -0.2) is 0 Å². The van der Waals surface area contributed by atoms with E-state index in [9.17, 15) is 9.59 Å². The van der Waals surface area contributed by atoms with Gasteiger partial charge < -0.3 is 9.32 Å². The molecule has 0 N–H and O–H groups in total. The minimum absolute atomic E-state index is 0.0134. The van der Waals surface area contributed by atoms with Crippen LogP contribution in [0.4, 0.5) is 5.69 Å². The maximum atomic E-state index is 13.2. The Morgan fingerprint density at radius 2 is 1.85 bits per heavy atom. The molecule has 0 unspecified atom stereocenters. The van der Waals surface area contributed by atoms with Gasteiger partial charge in [0.05, 0.1) is 6.26 Å². The zero-order chi connectivity index (χ0) is 18.7. The smallest absolute Gasteiger partial charge is 0.294 e. The summed E-state index contributed by atoms with van der Waals surface area (Å²) < 4.78 is 5.50. The van der Waals surface area contributed by atoms with Gasteiger partial charge in [-0.05, 0) is 63.3 Å². The average molecular weight is 354 g/mol. The van der Waals surface area contributed by atoms with Crippen molar-refractivity contribution >= 4 is 17.5 Å². The van der Waals surface area contributed by atoms with Gasteiger partial charge in [-0.2, -0.15) is 0 Å². The number of amides is 2. The molecule has 1 aliphatic heterocycles. The van der Waals surface area contributed by atoms with E-state index < -0.39 is 0 Å². The number of piperidine rings is 1. The largest absolute Gasteiger partial charge is 0.459 e. The Morgan fingerprint density at radius 3 is 2.46 bits per heavy atom. The SMILES string of the molecule is Cc1cccc(N(CC(=O)N2CCCCC2)C(=O)c2occ(C)c2C)c1. The first-order valence-corrected chi connectivity index (χ1v) is 9.18. The quantitative estimate of drug-likeness (QED) is 0.838. The van der Waals surface area contributed by atoms with E-state index in [0.717, 1.165) is 49.0 Å². The van der Waals surface area contributed by atoms with E-state index in [1.807, 2.05) is 49.9 Å². The number of carbonyl (C=O) groups excluding carboxylic acids is 2. The zero-order valence-corrected chi connectivity index (χ0v) is 15.7. The lowest BCUT2D eigenvalue weighted by atomic mass is 10.1. The molecule has 1 aliphatic rings. The second-order valence-corrected chi connectivity index (χ2v) is 7.04. The molecule has 26 heavy (non-hydrogen) atoms. The maximum Gasteiger partial charge on any atom is 0.294 e. The lowest BCUT2D eigenvalue weighted by molar-refractivity contribution is -0.130. The lowest BCUT2D eigenvalue weighted by Crippen LogP contribution is -2.45. The van der Waals surface area contributed by atoms with Crippen LogP contribution in [0.2, 0.25) is 0 Å². The third-order valence-electron chi connectivity index (χ3n) is 5.04. The zero-order valence-electron chi connectivity index (χ0n) is 15.7. The normalized spacial score (nSPS) is 14.3. The molecule has 1 fully saturated rings. The minimum Gasteiger partial charge on any atom is -0.459 e.